The lowest BCUT2D eigenvalue weighted by atomic mass is 10.1. The number of nitrogens with zero attached hydrogens (tertiary/aromatic N) is 4. The fourth-order valence-corrected chi connectivity index (χ4v) is 1.49. The van der Waals surface area contributed by atoms with E-state index in [4.69, 9.17) is 10.6 Å². The summed E-state index contributed by atoms with van der Waals surface area (Å²) in [5.74, 6) is -1.16. The Hall–Kier alpha value is -2.85. The molecule has 2 rings (SSSR count). The third-order valence-electron chi connectivity index (χ3n) is 2.26. The first kappa shape index (κ1) is 11.6. The summed E-state index contributed by atoms with van der Waals surface area (Å²) in [5, 5.41) is 12.4. The Labute approximate surface area is 102 Å². The average molecular weight is 240 g/mol. The summed E-state index contributed by atoms with van der Waals surface area (Å²) in [6.07, 6.45) is 0. The fraction of sp³-hybridized carbons (Fsp3) is 0. The Balaban J connectivity index is 2.60. The molecule has 2 aromatic rings. The Kier molecular flexibility index (Phi) is 3.22. The Bertz CT molecular complexity index is 614. The molecule has 6 heteroatoms. The van der Waals surface area contributed by atoms with E-state index in [0.29, 0.717) is 5.69 Å². The number of rotatable bonds is 3. The third kappa shape index (κ3) is 2.45. The molecule has 0 atom stereocenters. The zero-order valence-electron chi connectivity index (χ0n) is 9.19. The van der Waals surface area contributed by atoms with Crippen LogP contribution < -0.4 is 0 Å². The van der Waals surface area contributed by atoms with Crippen LogP contribution in [0.4, 0.5) is 5.69 Å². The highest BCUT2D eigenvalue weighted by Gasteiger charge is 2.09. The van der Waals surface area contributed by atoms with Crippen LogP contribution >= 0.6 is 0 Å². The van der Waals surface area contributed by atoms with Crippen molar-refractivity contribution in [3.8, 4) is 11.3 Å². The number of hydrogen-bond donors (Lipinski definition) is 1. The number of carbonyl (C=O) groups is 1. The van der Waals surface area contributed by atoms with Gasteiger partial charge in [0, 0.05) is 16.2 Å². The minimum Gasteiger partial charge on any atom is -0.477 e. The van der Waals surface area contributed by atoms with E-state index in [0.717, 1.165) is 5.56 Å². The van der Waals surface area contributed by atoms with Gasteiger partial charge in [-0.15, -0.1) is 0 Å². The van der Waals surface area contributed by atoms with Gasteiger partial charge in [0.15, 0.2) is 0 Å². The van der Waals surface area contributed by atoms with E-state index in [-0.39, 0.29) is 11.4 Å². The maximum absolute atomic E-state index is 10.9. The highest BCUT2D eigenvalue weighted by Crippen LogP contribution is 2.23. The van der Waals surface area contributed by atoms with Gasteiger partial charge in [-0.05, 0) is 17.7 Å². The number of hydrogen-bond acceptors (Lipinski definition) is 3. The highest BCUT2D eigenvalue weighted by atomic mass is 16.4. The lowest BCUT2D eigenvalue weighted by Gasteiger charge is -2.03. The van der Waals surface area contributed by atoms with Crippen LogP contribution in [0.25, 0.3) is 21.7 Å². The first-order valence-corrected chi connectivity index (χ1v) is 5.06. The molecule has 0 bridgehead atoms. The van der Waals surface area contributed by atoms with Crippen molar-refractivity contribution in [2.75, 3.05) is 0 Å². The Morgan fingerprint density at radius 1 is 1.28 bits per heavy atom. The summed E-state index contributed by atoms with van der Waals surface area (Å²) >= 11 is 0. The maximum Gasteiger partial charge on any atom is 0.354 e. The van der Waals surface area contributed by atoms with Gasteiger partial charge >= 0.3 is 5.97 Å². The summed E-state index contributed by atoms with van der Waals surface area (Å²) in [6.45, 7) is 0. The second-order valence-electron chi connectivity index (χ2n) is 3.46. The van der Waals surface area contributed by atoms with Crippen LogP contribution in [0.2, 0.25) is 0 Å². The molecule has 0 fully saturated rings. The van der Waals surface area contributed by atoms with Crippen LogP contribution in [-0.2, 0) is 0 Å². The van der Waals surface area contributed by atoms with Crippen LogP contribution in [0.15, 0.2) is 47.6 Å². The predicted octanol–water partition coefficient (Wildman–Crippen LogP) is 3.39. The number of carboxylic acids is 1. The Morgan fingerprint density at radius 2 is 2.00 bits per heavy atom. The Morgan fingerprint density at radius 3 is 2.61 bits per heavy atom. The van der Waals surface area contributed by atoms with Crippen molar-refractivity contribution < 1.29 is 9.90 Å². The molecule has 1 aromatic carbocycles. The zero-order chi connectivity index (χ0) is 13.0. The van der Waals surface area contributed by atoms with E-state index in [1.165, 1.54) is 6.07 Å². The van der Waals surface area contributed by atoms with Gasteiger partial charge in [0.1, 0.15) is 5.69 Å². The molecule has 0 unspecified atom stereocenters. The first-order chi connectivity index (χ1) is 8.70. The third-order valence-corrected chi connectivity index (χ3v) is 2.26. The second-order valence-corrected chi connectivity index (χ2v) is 3.46. The summed E-state index contributed by atoms with van der Waals surface area (Å²) in [5.41, 5.74) is 9.69. The lowest BCUT2D eigenvalue weighted by Crippen LogP contribution is -2.00. The summed E-state index contributed by atoms with van der Waals surface area (Å²) in [4.78, 5) is 17.6. The van der Waals surface area contributed by atoms with Crippen LogP contribution in [0.3, 0.4) is 0 Å². The van der Waals surface area contributed by atoms with Gasteiger partial charge in [0.05, 0.1) is 5.69 Å². The van der Waals surface area contributed by atoms with Crippen LogP contribution in [0.5, 0.6) is 0 Å². The van der Waals surface area contributed by atoms with Crippen molar-refractivity contribution in [3.05, 3.63) is 58.6 Å². The van der Waals surface area contributed by atoms with E-state index in [2.05, 4.69) is 15.0 Å². The molecule has 1 heterocycles. The molecule has 0 spiro atoms. The van der Waals surface area contributed by atoms with E-state index in [1.54, 1.807) is 18.2 Å². The molecule has 0 amide bonds. The van der Waals surface area contributed by atoms with Gasteiger partial charge < -0.3 is 5.11 Å². The molecule has 88 valence electrons. The standard InChI is InChI=1S/C12H8N4O2/c13-16-15-9-6-10(8-4-2-1-3-5-8)14-11(7-9)12(17)18/h1-7H,(H,17,18). The van der Waals surface area contributed by atoms with Crippen LogP contribution in [-0.4, -0.2) is 16.1 Å². The van der Waals surface area contributed by atoms with Crippen LogP contribution in [0, 0.1) is 0 Å². The number of pyridine rings is 1. The van der Waals surface area contributed by atoms with Crippen LogP contribution in [0.1, 0.15) is 10.5 Å². The average Bonchev–Trinajstić information content (AvgIpc) is 2.40. The molecule has 0 radical (unpaired) electrons. The predicted molar refractivity (Wildman–Crippen MR) is 65.4 cm³/mol. The number of aromatic nitrogens is 1. The topological polar surface area (TPSA) is 99.0 Å². The van der Waals surface area contributed by atoms with Gasteiger partial charge in [-0.2, -0.15) is 0 Å². The molecule has 0 saturated carbocycles. The van der Waals surface area contributed by atoms with Gasteiger partial charge in [-0.3, -0.25) is 0 Å². The van der Waals surface area contributed by atoms with Gasteiger partial charge in [0.2, 0.25) is 0 Å². The van der Waals surface area contributed by atoms with Gasteiger partial charge in [-0.1, -0.05) is 35.4 Å². The molecule has 1 aromatic heterocycles. The zero-order valence-corrected chi connectivity index (χ0v) is 9.19. The first-order valence-electron chi connectivity index (χ1n) is 5.06. The maximum atomic E-state index is 10.9. The highest BCUT2D eigenvalue weighted by molar-refractivity contribution is 5.87. The molecule has 0 aliphatic heterocycles. The quantitative estimate of drug-likeness (QED) is 0.505. The minimum absolute atomic E-state index is 0.154. The van der Waals surface area contributed by atoms with Gasteiger partial charge in [-0.25, -0.2) is 9.78 Å². The van der Waals surface area contributed by atoms with Gasteiger partial charge in [0.25, 0.3) is 0 Å². The summed E-state index contributed by atoms with van der Waals surface area (Å²) < 4.78 is 0. The van der Waals surface area contributed by atoms with E-state index >= 15 is 0 Å². The van der Waals surface area contributed by atoms with Crippen molar-refractivity contribution in [2.24, 2.45) is 5.11 Å². The number of carboxylic acid groups (broad SMARTS) is 1. The van der Waals surface area contributed by atoms with E-state index < -0.39 is 5.97 Å². The summed E-state index contributed by atoms with van der Waals surface area (Å²) in [6, 6.07) is 11.9. The smallest absolute Gasteiger partial charge is 0.354 e. The molecular formula is C12H8N4O2. The molecule has 0 aliphatic carbocycles. The molecule has 0 aliphatic rings. The second kappa shape index (κ2) is 4.99. The summed E-state index contributed by atoms with van der Waals surface area (Å²) in [7, 11) is 0. The minimum atomic E-state index is -1.16. The van der Waals surface area contributed by atoms with Crippen molar-refractivity contribution in [2.45, 2.75) is 0 Å². The number of azide groups is 1. The normalized spacial score (nSPS) is 9.56. The van der Waals surface area contributed by atoms with Crippen molar-refractivity contribution >= 4 is 11.7 Å². The van der Waals surface area contributed by atoms with Crippen molar-refractivity contribution in [3.63, 3.8) is 0 Å². The van der Waals surface area contributed by atoms with E-state index in [1.807, 2.05) is 18.2 Å². The number of aromatic carboxylic acids is 1. The molecule has 0 saturated heterocycles. The molecule has 6 nitrogen and oxygen atoms in total. The molecule has 18 heavy (non-hydrogen) atoms. The lowest BCUT2D eigenvalue weighted by molar-refractivity contribution is 0.0690. The number of benzene rings is 1. The largest absolute Gasteiger partial charge is 0.477 e. The SMILES string of the molecule is [N-]=[N+]=Nc1cc(C(=O)O)nc(-c2ccccc2)c1. The van der Waals surface area contributed by atoms with E-state index in [9.17, 15) is 4.79 Å². The fourth-order valence-electron chi connectivity index (χ4n) is 1.49. The monoisotopic (exact) mass is 240 g/mol. The molecule has 1 N–H and O–H groups in total. The van der Waals surface area contributed by atoms with Crippen molar-refractivity contribution in [1.82, 2.24) is 4.98 Å². The molecular weight excluding hydrogens is 232 g/mol. The van der Waals surface area contributed by atoms with Crippen molar-refractivity contribution in [1.29, 1.82) is 0 Å².